The Morgan fingerprint density at radius 1 is 1.04 bits per heavy atom. The Hall–Kier alpha value is -2.38. The van der Waals surface area contributed by atoms with Gasteiger partial charge < -0.3 is 5.32 Å². The van der Waals surface area contributed by atoms with Crippen LogP contribution in [0.1, 0.15) is 21.7 Å². The Morgan fingerprint density at radius 3 is 2.40 bits per heavy atom. The zero-order chi connectivity index (χ0) is 18.0. The molecule has 1 aromatic heterocycles. The summed E-state index contributed by atoms with van der Waals surface area (Å²) in [4.78, 5) is 21.1. The van der Waals surface area contributed by atoms with Gasteiger partial charge in [-0.15, -0.1) is 0 Å². The molecule has 0 unspecified atom stereocenters. The topological polar surface area (TPSA) is 66.9 Å². The van der Waals surface area contributed by atoms with Gasteiger partial charge in [-0.25, -0.2) is 9.97 Å². The number of aromatic nitrogens is 2. The summed E-state index contributed by atoms with van der Waals surface area (Å²) in [5.41, 5.74) is 2.19. The van der Waals surface area contributed by atoms with Crippen LogP contribution < -0.4 is 10.6 Å². The number of fused-ring (bicyclic) bond motifs is 1. The number of benzene rings is 2. The molecular formula is C18H15BrN4OS. The maximum Gasteiger partial charge on any atom is 0.258 e. The molecule has 25 heavy (non-hydrogen) atoms. The number of nitrogens with zero attached hydrogens (tertiary/aromatic N) is 2. The second-order valence-corrected chi connectivity index (χ2v) is 6.79. The molecule has 0 bridgehead atoms. The second-order valence-electron chi connectivity index (χ2n) is 5.52. The van der Waals surface area contributed by atoms with E-state index in [2.05, 4.69) is 36.5 Å². The smallest absolute Gasteiger partial charge is 0.258 e. The lowest BCUT2D eigenvalue weighted by atomic mass is 10.0. The van der Waals surface area contributed by atoms with E-state index >= 15 is 0 Å². The molecular weight excluding hydrogens is 400 g/mol. The highest BCUT2D eigenvalue weighted by Gasteiger charge is 2.13. The molecule has 126 valence electrons. The maximum absolute atomic E-state index is 12.6. The minimum atomic E-state index is -0.287. The summed E-state index contributed by atoms with van der Waals surface area (Å²) in [6.45, 7) is 3.74. The molecule has 2 N–H and O–H groups in total. The predicted octanol–water partition coefficient (Wildman–Crippen LogP) is 4.14. The highest BCUT2D eigenvalue weighted by molar-refractivity contribution is 9.10. The van der Waals surface area contributed by atoms with Gasteiger partial charge in [0.1, 0.15) is 0 Å². The Morgan fingerprint density at radius 2 is 1.68 bits per heavy atom. The highest BCUT2D eigenvalue weighted by atomic mass is 79.9. The van der Waals surface area contributed by atoms with E-state index in [0.29, 0.717) is 11.5 Å². The summed E-state index contributed by atoms with van der Waals surface area (Å²) < 4.78 is 0.934. The first-order valence-corrected chi connectivity index (χ1v) is 8.76. The van der Waals surface area contributed by atoms with Gasteiger partial charge in [-0.3, -0.25) is 10.1 Å². The number of aryl methyl sites for hydroxylation is 2. The van der Waals surface area contributed by atoms with Crippen LogP contribution in [0.15, 0.2) is 46.9 Å². The zero-order valence-electron chi connectivity index (χ0n) is 13.6. The van der Waals surface area contributed by atoms with Crippen LogP contribution in [0.2, 0.25) is 0 Å². The quantitative estimate of drug-likeness (QED) is 0.616. The number of anilines is 1. The van der Waals surface area contributed by atoms with Gasteiger partial charge in [0.15, 0.2) is 5.11 Å². The first kappa shape index (κ1) is 17.4. The maximum atomic E-state index is 12.6. The number of carbonyl (C=O) groups excluding carboxylic acids is 1. The molecule has 0 radical (unpaired) electrons. The number of carbonyl (C=O) groups is 1. The lowest BCUT2D eigenvalue weighted by Crippen LogP contribution is -2.34. The van der Waals surface area contributed by atoms with E-state index in [9.17, 15) is 4.79 Å². The molecule has 0 aliphatic heterocycles. The second kappa shape index (κ2) is 7.25. The third kappa shape index (κ3) is 4.00. The van der Waals surface area contributed by atoms with E-state index in [4.69, 9.17) is 12.2 Å². The zero-order valence-corrected chi connectivity index (χ0v) is 16.0. The number of halogens is 1. The number of hydrogen-bond donors (Lipinski definition) is 2. The van der Waals surface area contributed by atoms with Crippen molar-refractivity contribution in [1.29, 1.82) is 0 Å². The molecule has 0 fully saturated rings. The van der Waals surface area contributed by atoms with Crippen LogP contribution in [0.4, 0.5) is 5.95 Å². The third-order valence-electron chi connectivity index (χ3n) is 3.55. The lowest BCUT2D eigenvalue weighted by Gasteiger charge is -2.11. The molecule has 3 rings (SSSR count). The molecule has 0 aliphatic carbocycles. The van der Waals surface area contributed by atoms with Crippen LogP contribution in [-0.2, 0) is 0 Å². The molecule has 0 spiro atoms. The van der Waals surface area contributed by atoms with Crippen molar-refractivity contribution in [3.63, 3.8) is 0 Å². The van der Waals surface area contributed by atoms with Crippen LogP contribution in [0.25, 0.3) is 10.8 Å². The lowest BCUT2D eigenvalue weighted by molar-refractivity contribution is 0.0979. The summed E-state index contributed by atoms with van der Waals surface area (Å²) in [6, 6.07) is 13.2. The summed E-state index contributed by atoms with van der Waals surface area (Å²) in [5, 5.41) is 7.50. The monoisotopic (exact) mass is 414 g/mol. The normalized spacial score (nSPS) is 10.5. The molecule has 3 aromatic rings. The van der Waals surface area contributed by atoms with E-state index in [1.165, 1.54) is 0 Å². The van der Waals surface area contributed by atoms with Gasteiger partial charge in [0, 0.05) is 21.4 Å². The number of rotatable bonds is 2. The summed E-state index contributed by atoms with van der Waals surface area (Å²) in [7, 11) is 0. The summed E-state index contributed by atoms with van der Waals surface area (Å²) in [5.74, 6) is 0.0778. The van der Waals surface area contributed by atoms with Crippen LogP contribution in [0.5, 0.6) is 0 Å². The van der Waals surface area contributed by atoms with Gasteiger partial charge in [-0.2, -0.15) is 0 Å². The summed E-state index contributed by atoms with van der Waals surface area (Å²) >= 11 is 8.72. The molecule has 0 saturated carbocycles. The minimum Gasteiger partial charge on any atom is -0.301 e. The summed E-state index contributed by atoms with van der Waals surface area (Å²) in [6.07, 6.45) is 0. The van der Waals surface area contributed by atoms with Crippen LogP contribution in [-0.4, -0.2) is 21.0 Å². The Kier molecular flexibility index (Phi) is 5.06. The fourth-order valence-corrected chi connectivity index (χ4v) is 3.24. The van der Waals surface area contributed by atoms with Gasteiger partial charge >= 0.3 is 0 Å². The molecule has 1 amide bonds. The minimum absolute atomic E-state index is 0.155. The van der Waals surface area contributed by atoms with Crippen molar-refractivity contribution in [2.45, 2.75) is 13.8 Å². The average molecular weight is 415 g/mol. The molecule has 0 saturated heterocycles. The van der Waals surface area contributed by atoms with Crippen molar-refractivity contribution < 1.29 is 4.79 Å². The fraction of sp³-hybridized carbons (Fsp3) is 0.111. The number of nitrogens with one attached hydrogen (secondary N) is 2. The number of amides is 1. The van der Waals surface area contributed by atoms with Crippen molar-refractivity contribution in [2.24, 2.45) is 0 Å². The SMILES string of the molecule is Cc1cc(C)nc(NC(=S)NC(=O)c2cccc3c(Br)cccc23)n1. The molecule has 2 aromatic carbocycles. The van der Waals surface area contributed by atoms with E-state index in [1.54, 1.807) is 6.07 Å². The van der Waals surface area contributed by atoms with Gasteiger partial charge in [0.05, 0.1) is 0 Å². The van der Waals surface area contributed by atoms with Crippen molar-refractivity contribution in [2.75, 3.05) is 5.32 Å². The van der Waals surface area contributed by atoms with Gasteiger partial charge in [0.25, 0.3) is 5.91 Å². The molecule has 1 heterocycles. The molecule has 5 nitrogen and oxygen atoms in total. The van der Waals surface area contributed by atoms with Crippen molar-refractivity contribution in [3.8, 4) is 0 Å². The Balaban J connectivity index is 1.80. The first-order chi connectivity index (χ1) is 11.9. The molecule has 0 aliphatic rings. The third-order valence-corrected chi connectivity index (χ3v) is 4.44. The van der Waals surface area contributed by atoms with Crippen LogP contribution in [0, 0.1) is 13.8 Å². The number of thiocarbonyl (C=S) groups is 1. The first-order valence-electron chi connectivity index (χ1n) is 7.56. The van der Waals surface area contributed by atoms with Crippen LogP contribution in [0.3, 0.4) is 0 Å². The predicted molar refractivity (Wildman–Crippen MR) is 107 cm³/mol. The van der Waals surface area contributed by atoms with E-state index in [1.807, 2.05) is 50.2 Å². The van der Waals surface area contributed by atoms with Crippen LogP contribution >= 0.6 is 28.1 Å². The molecule has 0 atom stereocenters. The fourth-order valence-electron chi connectivity index (χ4n) is 2.55. The van der Waals surface area contributed by atoms with E-state index < -0.39 is 0 Å². The van der Waals surface area contributed by atoms with Crippen molar-refractivity contribution in [1.82, 2.24) is 15.3 Å². The van der Waals surface area contributed by atoms with E-state index in [-0.39, 0.29) is 11.0 Å². The van der Waals surface area contributed by atoms with E-state index in [0.717, 1.165) is 26.6 Å². The van der Waals surface area contributed by atoms with Crippen molar-refractivity contribution in [3.05, 3.63) is 63.9 Å². The largest absolute Gasteiger partial charge is 0.301 e. The molecule has 7 heteroatoms. The van der Waals surface area contributed by atoms with Gasteiger partial charge in [-0.1, -0.05) is 40.2 Å². The number of hydrogen-bond acceptors (Lipinski definition) is 4. The standard InChI is InChI=1S/C18H15BrN4OS/c1-10-9-11(2)21-17(20-10)23-18(25)22-16(24)14-7-3-6-13-12(14)5-4-8-15(13)19/h3-9H,1-2H3,(H2,20,21,22,23,24,25). The Bertz CT molecular complexity index is 970. The average Bonchev–Trinajstić information content (AvgIpc) is 2.53. The van der Waals surface area contributed by atoms with Gasteiger partial charge in [-0.05, 0) is 55.0 Å². The Labute approximate surface area is 159 Å². The van der Waals surface area contributed by atoms with Gasteiger partial charge in [0.2, 0.25) is 5.95 Å². The van der Waals surface area contributed by atoms with Crippen molar-refractivity contribution >= 4 is 55.9 Å². The highest BCUT2D eigenvalue weighted by Crippen LogP contribution is 2.26.